The minimum atomic E-state index is -9.00. The van der Waals surface area contributed by atoms with Crippen LogP contribution >= 0.6 is 0 Å². The van der Waals surface area contributed by atoms with Crippen LogP contribution in [0.1, 0.15) is 35.1 Å². The number of rotatable bonds is 17. The van der Waals surface area contributed by atoms with Gasteiger partial charge >= 0.3 is 95.3 Å². The summed E-state index contributed by atoms with van der Waals surface area (Å²) in [5.41, 5.74) is -11.4. The van der Waals surface area contributed by atoms with Gasteiger partial charge in [-0.1, -0.05) is 48.5 Å². The van der Waals surface area contributed by atoms with Gasteiger partial charge in [-0.05, 0) is 30.5 Å². The van der Waals surface area contributed by atoms with Gasteiger partial charge < -0.3 is 10.4 Å². The number of nitrogens with one attached hydrogen (secondary N) is 1. The van der Waals surface area contributed by atoms with Gasteiger partial charge in [0.05, 0.1) is 0 Å². The molecule has 2 nitrogen and oxygen atoms in total. The second-order valence-corrected chi connectivity index (χ2v) is 14.6. The van der Waals surface area contributed by atoms with Crippen molar-refractivity contribution in [2.75, 3.05) is 6.54 Å². The number of hydrogen-bond donors (Lipinski definition) is 2. The van der Waals surface area contributed by atoms with Gasteiger partial charge in [0.2, 0.25) is 0 Å². The molecule has 3 rings (SSSR count). The minimum Gasteiger partial charge on any atom is -0.379 e. The van der Waals surface area contributed by atoms with Crippen molar-refractivity contribution in [3.05, 3.63) is 70.8 Å². The Bertz CT molecular complexity index is 2000. The second-order valence-electron chi connectivity index (χ2n) is 14.6. The number of benzene rings is 2. The lowest BCUT2D eigenvalue weighted by atomic mass is 9.78. The van der Waals surface area contributed by atoms with Crippen LogP contribution in [0.4, 0.5) is 149 Å². The molecule has 1 atom stereocenters. The Hall–Kier alpha value is -4.02. The standard InChI is InChI=1S/C33H17F34NO/c34-18(35,20(38,39)22(42,43)24(46,47)26(50,51)28(54,55)30(58,59)32(62,63)64)14-7-3-12(4-8-14)17(69,16-2-1-11-68-16)13-5-9-15(10-6-13)19(36,37)21(40,41)23(44,45)25(48,49)27(52,53)29(56,57)31(60,61)33(65,66)67/h3-10,16,68-69H,1-2,11H2/t16-/m0/s1. The van der Waals surface area contributed by atoms with E-state index in [0.29, 0.717) is 0 Å². The highest BCUT2D eigenvalue weighted by Crippen LogP contribution is 2.67. The van der Waals surface area contributed by atoms with Gasteiger partial charge in [-0.25, -0.2) is 0 Å². The minimum absolute atomic E-state index is 0.137. The zero-order valence-electron chi connectivity index (χ0n) is 31.6. The average molecular weight is 1090 g/mol. The highest BCUT2D eigenvalue weighted by Gasteiger charge is 2.97. The molecule has 0 radical (unpaired) electrons. The number of aliphatic hydroxyl groups is 1. The third-order valence-electron chi connectivity index (χ3n) is 10.4. The van der Waals surface area contributed by atoms with Gasteiger partial charge in [-0.3, -0.25) is 0 Å². The maximum Gasteiger partial charge on any atom is 0.460 e. The molecule has 1 saturated heterocycles. The van der Waals surface area contributed by atoms with Crippen LogP contribution < -0.4 is 5.32 Å². The summed E-state index contributed by atoms with van der Waals surface area (Å²) >= 11 is 0. The summed E-state index contributed by atoms with van der Waals surface area (Å²) < 4.78 is 469. The molecule has 398 valence electrons. The summed E-state index contributed by atoms with van der Waals surface area (Å²) in [7, 11) is 0. The Labute approximate surface area is 357 Å². The van der Waals surface area contributed by atoms with E-state index in [4.69, 9.17) is 0 Å². The Morgan fingerprint density at radius 2 is 0.507 bits per heavy atom. The first kappa shape index (κ1) is 59.3. The molecule has 2 aromatic carbocycles. The summed E-state index contributed by atoms with van der Waals surface area (Å²) in [6.07, 6.45) is -16.7. The lowest BCUT2D eigenvalue weighted by molar-refractivity contribution is -0.462. The first-order valence-electron chi connectivity index (χ1n) is 17.1. The van der Waals surface area contributed by atoms with Crippen LogP contribution in [-0.2, 0) is 17.4 Å². The predicted octanol–water partition coefficient (Wildman–Crippen LogP) is 13.6. The lowest BCUT2D eigenvalue weighted by Gasteiger charge is -2.43. The van der Waals surface area contributed by atoms with Crippen LogP contribution in [0, 0.1) is 0 Å². The summed E-state index contributed by atoms with van der Waals surface area (Å²) in [6.45, 7) is -0.276. The third kappa shape index (κ3) is 7.67. The Morgan fingerprint density at radius 1 is 0.304 bits per heavy atom. The molecule has 69 heavy (non-hydrogen) atoms. The molecule has 0 aliphatic carbocycles. The van der Waals surface area contributed by atoms with Crippen LogP contribution in [0.2, 0.25) is 0 Å². The molecule has 1 heterocycles. The fourth-order valence-corrected chi connectivity index (χ4v) is 6.17. The molecule has 0 spiro atoms. The van der Waals surface area contributed by atoms with Crippen molar-refractivity contribution in [2.24, 2.45) is 0 Å². The smallest absolute Gasteiger partial charge is 0.379 e. The molecule has 2 N–H and O–H groups in total. The second kappa shape index (κ2) is 16.2. The van der Waals surface area contributed by atoms with E-state index in [0.717, 1.165) is 0 Å². The van der Waals surface area contributed by atoms with Crippen LogP contribution in [0.15, 0.2) is 48.5 Å². The molecule has 0 saturated carbocycles. The Morgan fingerprint density at radius 3 is 0.710 bits per heavy atom. The summed E-state index contributed by atoms with van der Waals surface area (Å²) in [6, 6.07) is -5.23. The first-order valence-corrected chi connectivity index (χ1v) is 17.1. The number of halogens is 34. The van der Waals surface area contributed by atoms with Crippen LogP contribution in [0.3, 0.4) is 0 Å². The maximum absolute atomic E-state index is 15.0. The maximum atomic E-state index is 15.0. The van der Waals surface area contributed by atoms with Crippen molar-refractivity contribution in [3.8, 4) is 0 Å². The monoisotopic (exact) mass is 1090 g/mol. The van der Waals surface area contributed by atoms with E-state index in [1.165, 1.54) is 0 Å². The molecule has 1 aliphatic rings. The van der Waals surface area contributed by atoms with Gasteiger partial charge in [-0.2, -0.15) is 149 Å². The average Bonchev–Trinajstić information content (AvgIpc) is 3.75. The van der Waals surface area contributed by atoms with Crippen LogP contribution in [-0.4, -0.2) is 101 Å². The van der Waals surface area contributed by atoms with Crippen molar-refractivity contribution in [1.29, 1.82) is 0 Å². The molecule has 0 unspecified atom stereocenters. The first-order chi connectivity index (χ1) is 30.0. The molecule has 1 fully saturated rings. The quantitative estimate of drug-likeness (QED) is 0.155. The van der Waals surface area contributed by atoms with Crippen LogP contribution in [0.5, 0.6) is 0 Å². The molecule has 1 aliphatic heterocycles. The SMILES string of the molecule is OC(c1ccc(C(F)(F)C(F)(F)C(F)(F)C(F)(F)C(F)(F)C(F)(F)C(F)(F)C(F)(F)F)cc1)(c1ccc(C(F)(F)C(F)(F)C(F)(F)C(F)(F)C(F)(F)C(F)(F)C(F)(F)C(F)(F)F)cc1)[C@@H]1CCCN1. The van der Waals surface area contributed by atoms with E-state index in [9.17, 15) is 154 Å². The van der Waals surface area contributed by atoms with Gasteiger partial charge in [0.25, 0.3) is 0 Å². The highest BCUT2D eigenvalue weighted by molar-refractivity contribution is 5.43. The van der Waals surface area contributed by atoms with E-state index >= 15 is 0 Å². The Kier molecular flexibility index (Phi) is 14.0. The van der Waals surface area contributed by atoms with Gasteiger partial charge in [-0.15, -0.1) is 0 Å². The zero-order valence-corrected chi connectivity index (χ0v) is 31.6. The van der Waals surface area contributed by atoms with Gasteiger partial charge in [0.15, 0.2) is 0 Å². The van der Waals surface area contributed by atoms with Crippen LogP contribution in [0.25, 0.3) is 0 Å². The van der Waals surface area contributed by atoms with Gasteiger partial charge in [0, 0.05) is 17.2 Å². The lowest BCUT2D eigenvalue weighted by Crippen LogP contribution is -2.74. The molecular weight excluding hydrogens is 1070 g/mol. The molecule has 2 aromatic rings. The van der Waals surface area contributed by atoms with Crippen molar-refractivity contribution in [1.82, 2.24) is 5.32 Å². The third-order valence-corrected chi connectivity index (χ3v) is 10.4. The van der Waals surface area contributed by atoms with Crippen molar-refractivity contribution in [3.63, 3.8) is 0 Å². The summed E-state index contributed by atoms with van der Waals surface area (Å²) in [5, 5.41) is 14.0. The number of alkyl halides is 34. The van der Waals surface area contributed by atoms with Crippen molar-refractivity contribution >= 4 is 0 Å². The fraction of sp³-hybridized carbons (Fsp3) is 0.636. The van der Waals surface area contributed by atoms with Gasteiger partial charge in [0.1, 0.15) is 5.60 Å². The largest absolute Gasteiger partial charge is 0.460 e. The predicted molar refractivity (Wildman–Crippen MR) is 156 cm³/mol. The zero-order chi connectivity index (χ0) is 54.9. The van der Waals surface area contributed by atoms with E-state index in [2.05, 4.69) is 5.32 Å². The van der Waals surface area contributed by atoms with E-state index in [1.807, 2.05) is 0 Å². The van der Waals surface area contributed by atoms with E-state index in [1.54, 1.807) is 0 Å². The fourth-order valence-electron chi connectivity index (χ4n) is 6.17. The number of hydrogen-bond acceptors (Lipinski definition) is 2. The van der Waals surface area contributed by atoms with Crippen molar-refractivity contribution < 1.29 is 154 Å². The topological polar surface area (TPSA) is 32.3 Å². The molecule has 0 aromatic heterocycles. The summed E-state index contributed by atoms with van der Waals surface area (Å²) in [4.78, 5) is 0. The van der Waals surface area contributed by atoms with E-state index in [-0.39, 0.29) is 37.2 Å². The molecular formula is C33H17F34NO. The molecule has 36 heteroatoms. The molecule has 0 amide bonds. The highest BCUT2D eigenvalue weighted by atomic mass is 19.4. The Balaban J connectivity index is 2.14. The van der Waals surface area contributed by atoms with Crippen molar-refractivity contribution in [2.45, 2.75) is 120 Å². The van der Waals surface area contributed by atoms with E-state index < -0.39 is 160 Å². The summed E-state index contributed by atoms with van der Waals surface area (Å²) in [5.74, 6) is -119. The molecule has 0 bridgehead atoms. The normalized spacial score (nSPS) is 18.3.